The van der Waals surface area contributed by atoms with E-state index in [1.165, 1.54) is 11.8 Å². The molecule has 0 spiro atoms. The van der Waals surface area contributed by atoms with Crippen molar-refractivity contribution in [2.24, 2.45) is 0 Å². The van der Waals surface area contributed by atoms with Gasteiger partial charge in [0.1, 0.15) is 5.69 Å². The Morgan fingerprint density at radius 2 is 1.04 bits per heavy atom. The minimum atomic E-state index is -3.44. The Kier molecular flexibility index (Phi) is 24.9. The topological polar surface area (TPSA) is 182 Å². The zero-order valence-electron chi connectivity index (χ0n) is 59.5. The van der Waals surface area contributed by atoms with E-state index < -0.39 is 9.84 Å². The van der Waals surface area contributed by atoms with Crippen molar-refractivity contribution in [3.8, 4) is 28.3 Å². The highest BCUT2D eigenvalue weighted by molar-refractivity contribution is 7.89. The first-order chi connectivity index (χ1) is 50.3. The number of benzene rings is 9. The van der Waals surface area contributed by atoms with Crippen LogP contribution >= 0.6 is 23.2 Å². The SMILES string of the molecule is CC(=O)N(C)C1(c2ccccc2)CCN(CCC[C@]2(c3ccc(Cl)c(Cl)c3)CCCN(C(=O)c3ccccc3)C2)CC1.CC[C@H](NC(=O)c1c(CS(C)(=O)=O)c(-c2ccccc2)nc2ccccc12)c1ccccc1.CC[C@H](NC(=O)c1c(O)c(-c2ccccc2)nc2ccccc12)c1ccccc1. The lowest BCUT2D eigenvalue weighted by Gasteiger charge is -2.48. The number of para-hydroxylation sites is 2. The van der Waals surface area contributed by atoms with Crippen molar-refractivity contribution in [2.75, 3.05) is 46.0 Å². The van der Waals surface area contributed by atoms with Crippen molar-refractivity contribution in [1.29, 1.82) is 0 Å². The van der Waals surface area contributed by atoms with E-state index in [9.17, 15) is 32.7 Å². The van der Waals surface area contributed by atoms with Gasteiger partial charge >= 0.3 is 0 Å². The number of carbonyl (C=O) groups is 4. The molecule has 4 heterocycles. The fourth-order valence-electron chi connectivity index (χ4n) is 14.8. The molecule has 11 aromatic rings. The number of fused-ring (bicyclic) bond motifs is 2. The van der Waals surface area contributed by atoms with Crippen LogP contribution in [0.25, 0.3) is 44.3 Å². The van der Waals surface area contributed by atoms with Gasteiger partial charge in [-0.1, -0.05) is 249 Å². The second-order valence-corrected chi connectivity index (χ2v) is 30.0. The van der Waals surface area contributed by atoms with Gasteiger partial charge in [-0.2, -0.15) is 0 Å². The fraction of sp³-hybridized carbons (Fsp3) is 0.264. The van der Waals surface area contributed by atoms with Crippen LogP contribution in [0.5, 0.6) is 5.75 Å². The van der Waals surface area contributed by atoms with Crippen LogP contribution < -0.4 is 10.6 Å². The number of nitrogens with one attached hydrogen (secondary N) is 2. The fourth-order valence-corrected chi connectivity index (χ4v) is 15.9. The van der Waals surface area contributed by atoms with Crippen LogP contribution in [0.3, 0.4) is 0 Å². The summed E-state index contributed by atoms with van der Waals surface area (Å²) in [6.45, 7) is 9.97. The largest absolute Gasteiger partial charge is 0.505 e. The molecule has 534 valence electrons. The molecule has 9 aromatic carbocycles. The molecule has 0 radical (unpaired) electrons. The van der Waals surface area contributed by atoms with Gasteiger partial charge in [-0.3, -0.25) is 19.2 Å². The van der Waals surface area contributed by atoms with Gasteiger partial charge in [0.15, 0.2) is 15.6 Å². The molecule has 17 heteroatoms. The molecular weight excluding hydrogens is 1360 g/mol. The van der Waals surface area contributed by atoms with E-state index in [-0.39, 0.29) is 63.7 Å². The van der Waals surface area contributed by atoms with E-state index in [4.69, 9.17) is 28.2 Å². The first-order valence-electron chi connectivity index (χ1n) is 35.7. The zero-order chi connectivity index (χ0) is 73.4. The molecule has 2 saturated heterocycles. The number of aromatic hydroxyl groups is 1. The van der Waals surface area contributed by atoms with E-state index in [0.717, 1.165) is 105 Å². The molecule has 0 saturated carbocycles. The average Bonchev–Trinajstić information content (AvgIpc) is 0.777. The number of piperidine rings is 2. The van der Waals surface area contributed by atoms with Crippen LogP contribution in [0.4, 0.5) is 0 Å². The summed E-state index contributed by atoms with van der Waals surface area (Å²) in [5.41, 5.74) is 9.48. The van der Waals surface area contributed by atoms with E-state index in [1.807, 2.05) is 249 Å². The van der Waals surface area contributed by atoms with Gasteiger partial charge in [0.2, 0.25) is 5.91 Å². The molecule has 3 N–H and O–H groups in total. The van der Waals surface area contributed by atoms with Crippen molar-refractivity contribution >= 4 is 78.5 Å². The Hall–Kier alpha value is -10.0. The summed E-state index contributed by atoms with van der Waals surface area (Å²) in [7, 11) is -1.50. The predicted octanol–water partition coefficient (Wildman–Crippen LogP) is 18.2. The van der Waals surface area contributed by atoms with E-state index in [1.54, 1.807) is 6.92 Å². The van der Waals surface area contributed by atoms with Gasteiger partial charge in [-0.25, -0.2) is 18.4 Å². The van der Waals surface area contributed by atoms with Gasteiger partial charge in [0.05, 0.1) is 61.3 Å². The number of rotatable bonds is 20. The Morgan fingerprint density at radius 1 is 0.567 bits per heavy atom. The number of hydrogen-bond acceptors (Lipinski definition) is 10. The van der Waals surface area contributed by atoms with Crippen LogP contribution in [0.15, 0.2) is 249 Å². The molecule has 104 heavy (non-hydrogen) atoms. The Morgan fingerprint density at radius 3 is 1.56 bits per heavy atom. The van der Waals surface area contributed by atoms with E-state index in [0.29, 0.717) is 67.3 Å². The summed E-state index contributed by atoms with van der Waals surface area (Å²) >= 11 is 12.8. The number of amides is 4. The Balaban J connectivity index is 0.000000159. The summed E-state index contributed by atoms with van der Waals surface area (Å²) in [6.07, 6.45) is 8.35. The van der Waals surface area contributed by atoms with Crippen LogP contribution in [-0.2, 0) is 31.3 Å². The molecule has 3 atom stereocenters. The van der Waals surface area contributed by atoms with Crippen LogP contribution in [-0.4, -0.2) is 108 Å². The maximum atomic E-state index is 13.8. The highest BCUT2D eigenvalue weighted by atomic mass is 35.5. The van der Waals surface area contributed by atoms with Gasteiger partial charge in [-0.05, 0) is 117 Å². The molecule has 2 aromatic heterocycles. The molecule has 0 aliphatic carbocycles. The van der Waals surface area contributed by atoms with Gasteiger partial charge in [-0.15, -0.1) is 0 Å². The normalized spacial score (nSPS) is 15.6. The predicted molar refractivity (Wildman–Crippen MR) is 420 cm³/mol. The molecule has 2 aliphatic rings. The van der Waals surface area contributed by atoms with E-state index in [2.05, 4.69) is 50.8 Å². The molecule has 0 unspecified atom stereocenters. The number of carbonyl (C=O) groups excluding carboxylic acids is 4. The molecule has 13 rings (SSSR count). The molecular formula is C87H89Cl2N7O7S. The molecule has 0 bridgehead atoms. The maximum Gasteiger partial charge on any atom is 0.256 e. The maximum absolute atomic E-state index is 13.8. The van der Waals surface area contributed by atoms with Gasteiger partial charge < -0.3 is 30.4 Å². The highest BCUT2D eigenvalue weighted by Gasteiger charge is 2.43. The minimum Gasteiger partial charge on any atom is -0.505 e. The number of hydrogen-bond donors (Lipinski definition) is 3. The standard InChI is InChI=1S/C35H41Cl2N3O2.C27H26N2O3S.C25H22N2O2/c1-27(41)38(2)35(29-13-7-4-8-14-29)19-23-39(24-20-35)21-9-17-34(30-15-16-31(36)32(37)25-30)18-10-22-40(26-34)33(42)28-11-5-3-6-12-28;1-3-23(19-12-6-4-7-13-19)29-27(30)25-21-16-10-11-17-24(21)28-26(20-14-8-5-9-15-20)22(25)18-33(2,31)32;1-2-20(17-11-5-3-6-12-17)27-25(29)22-19-15-9-10-16-21(19)26-23(24(22)28)18-13-7-4-8-14-18/h3-8,11-16,25H,9-10,17-24,26H2,1-2H3;4-17,23H,3,18H2,1-2H3,(H,29,30);3-16,20,28H,2H2,1H3,(H,27,29)/t34-;23-;20-/m000/s1. The van der Waals surface area contributed by atoms with Crippen molar-refractivity contribution in [3.63, 3.8) is 0 Å². The molecule has 14 nitrogen and oxygen atoms in total. The third-order valence-corrected chi connectivity index (χ3v) is 21.9. The Labute approximate surface area is 621 Å². The second kappa shape index (κ2) is 34.5. The molecule has 2 aliphatic heterocycles. The highest BCUT2D eigenvalue weighted by Crippen LogP contribution is 2.43. The van der Waals surface area contributed by atoms with Crippen LogP contribution in [0.1, 0.15) is 143 Å². The van der Waals surface area contributed by atoms with Crippen molar-refractivity contribution in [1.82, 2.24) is 35.3 Å². The number of sulfone groups is 1. The van der Waals surface area contributed by atoms with E-state index >= 15 is 0 Å². The Bertz CT molecular complexity index is 4880. The third kappa shape index (κ3) is 17.8. The lowest BCUT2D eigenvalue weighted by molar-refractivity contribution is -0.136. The average molecular weight is 1450 g/mol. The number of nitrogens with zero attached hydrogens (tertiary/aromatic N) is 5. The number of likely N-dealkylation sites (tertiary alicyclic amines) is 2. The summed E-state index contributed by atoms with van der Waals surface area (Å²) in [5, 5.41) is 19.6. The summed E-state index contributed by atoms with van der Waals surface area (Å²) < 4.78 is 24.9. The van der Waals surface area contributed by atoms with Gasteiger partial charge in [0.25, 0.3) is 17.7 Å². The van der Waals surface area contributed by atoms with Crippen molar-refractivity contribution in [2.45, 2.75) is 101 Å². The van der Waals surface area contributed by atoms with Gasteiger partial charge in [0, 0.05) is 84.8 Å². The number of pyridine rings is 2. The minimum absolute atomic E-state index is 0.0857. The lowest BCUT2D eigenvalue weighted by atomic mass is 9.70. The van der Waals surface area contributed by atoms with Crippen LogP contribution in [0.2, 0.25) is 10.0 Å². The lowest BCUT2D eigenvalue weighted by Crippen LogP contribution is -2.53. The first-order valence-corrected chi connectivity index (χ1v) is 38.5. The second-order valence-electron chi connectivity index (χ2n) is 27.1. The number of aromatic nitrogens is 2. The van der Waals surface area contributed by atoms with Crippen molar-refractivity contribution in [3.05, 3.63) is 303 Å². The summed E-state index contributed by atoms with van der Waals surface area (Å²) in [6, 6.07) is 78.9. The van der Waals surface area contributed by atoms with Crippen LogP contribution in [0, 0.1) is 0 Å². The molecule has 4 amide bonds. The summed E-state index contributed by atoms with van der Waals surface area (Å²) in [5.74, 6) is -0.810. The number of halogens is 2. The zero-order valence-corrected chi connectivity index (χ0v) is 61.9. The van der Waals surface area contributed by atoms with Crippen molar-refractivity contribution < 1.29 is 32.7 Å². The quantitative estimate of drug-likeness (QED) is 0.0664. The smallest absolute Gasteiger partial charge is 0.256 e. The monoisotopic (exact) mass is 1450 g/mol. The third-order valence-electron chi connectivity index (χ3n) is 20.3. The first kappa shape index (κ1) is 75.1. The molecule has 2 fully saturated rings. The summed E-state index contributed by atoms with van der Waals surface area (Å²) in [4.78, 5) is 68.9.